The summed E-state index contributed by atoms with van der Waals surface area (Å²) in [6, 6.07) is 17.2. The average Bonchev–Trinajstić information content (AvgIpc) is 2.74. The fourth-order valence-electron chi connectivity index (χ4n) is 3.57. The number of Topliss-reactive ketones (excluding diaryl/α,β-unsaturated/α-hetero) is 1. The van der Waals surface area contributed by atoms with E-state index < -0.39 is 0 Å². The monoisotopic (exact) mass is 387 g/mol. The molecule has 1 unspecified atom stereocenters. The first-order valence-electron chi connectivity index (χ1n) is 9.49. The largest absolute Gasteiger partial charge is 0.497 e. The van der Waals surface area contributed by atoms with Crippen LogP contribution in [-0.4, -0.2) is 28.8 Å². The predicted octanol–water partition coefficient (Wildman–Crippen LogP) is 3.58. The highest BCUT2D eigenvalue weighted by Crippen LogP contribution is 2.32. The van der Waals surface area contributed by atoms with Gasteiger partial charge in [-0.15, -0.1) is 0 Å². The van der Waals surface area contributed by atoms with Crippen LogP contribution < -0.4 is 10.1 Å². The van der Waals surface area contributed by atoms with Crippen LogP contribution in [0, 0.1) is 0 Å². The molecule has 1 aliphatic rings. The van der Waals surface area contributed by atoms with Gasteiger partial charge in [0.05, 0.1) is 24.8 Å². The summed E-state index contributed by atoms with van der Waals surface area (Å²) in [5.74, 6) is 0.887. The fourth-order valence-corrected chi connectivity index (χ4v) is 3.57. The fraction of sp³-hybridized carbons (Fsp3) is 0.217. The Morgan fingerprint density at radius 3 is 2.59 bits per heavy atom. The Bertz CT molecular complexity index is 1030. The van der Waals surface area contributed by atoms with Crippen molar-refractivity contribution in [1.29, 1.82) is 0 Å². The highest BCUT2D eigenvalue weighted by atomic mass is 16.5. The Hall–Kier alpha value is -3.54. The number of ketones is 1. The molecule has 29 heavy (non-hydrogen) atoms. The van der Waals surface area contributed by atoms with Gasteiger partial charge in [-0.25, -0.2) is 9.97 Å². The second-order valence-electron chi connectivity index (χ2n) is 7.07. The minimum atomic E-state index is -0.190. The second-order valence-corrected chi connectivity index (χ2v) is 7.07. The van der Waals surface area contributed by atoms with E-state index in [1.807, 2.05) is 54.6 Å². The van der Waals surface area contributed by atoms with Gasteiger partial charge in [-0.3, -0.25) is 14.9 Å². The first kappa shape index (κ1) is 18.8. The Morgan fingerprint density at radius 1 is 1.10 bits per heavy atom. The number of ether oxygens (including phenoxy) is 1. The Kier molecular flexibility index (Phi) is 5.33. The quantitative estimate of drug-likeness (QED) is 0.724. The van der Waals surface area contributed by atoms with Crippen LogP contribution in [0.15, 0.2) is 60.8 Å². The number of fused-ring (bicyclic) bond motifs is 1. The third kappa shape index (κ3) is 4.32. The summed E-state index contributed by atoms with van der Waals surface area (Å²) in [6.45, 7) is 0. The van der Waals surface area contributed by atoms with E-state index in [2.05, 4.69) is 15.3 Å². The zero-order chi connectivity index (χ0) is 20.2. The van der Waals surface area contributed by atoms with Crippen molar-refractivity contribution < 1.29 is 14.3 Å². The lowest BCUT2D eigenvalue weighted by molar-refractivity contribution is -0.115. The third-order valence-electron chi connectivity index (χ3n) is 5.09. The highest BCUT2D eigenvalue weighted by molar-refractivity contribution is 5.99. The third-order valence-corrected chi connectivity index (χ3v) is 5.09. The highest BCUT2D eigenvalue weighted by Gasteiger charge is 2.28. The molecule has 0 saturated heterocycles. The molecule has 3 aromatic rings. The summed E-state index contributed by atoms with van der Waals surface area (Å²) in [5, 5.41) is 2.74. The summed E-state index contributed by atoms with van der Waals surface area (Å²) in [7, 11) is 1.62. The van der Waals surface area contributed by atoms with Gasteiger partial charge >= 0.3 is 0 Å². The molecule has 0 aliphatic heterocycles. The van der Waals surface area contributed by atoms with Crippen molar-refractivity contribution in [1.82, 2.24) is 9.97 Å². The molecular weight excluding hydrogens is 366 g/mol. The number of hydrogen-bond acceptors (Lipinski definition) is 5. The molecule has 1 atom stereocenters. The van der Waals surface area contributed by atoms with Crippen molar-refractivity contribution in [2.45, 2.75) is 25.2 Å². The standard InChI is InChI=1S/C23H21N3O3/c1-29-18-9-7-16(8-10-18)17-12-20-19(21(27)13-17)14-24-23(25-20)26-22(28)11-15-5-3-2-4-6-15/h2-10,14,17H,11-13H2,1H3,(H,24,25,26,28). The molecule has 6 nitrogen and oxygen atoms in total. The maximum Gasteiger partial charge on any atom is 0.231 e. The lowest BCUT2D eigenvalue weighted by Crippen LogP contribution is -2.23. The molecule has 1 amide bonds. The van der Waals surface area contributed by atoms with Gasteiger partial charge in [-0.1, -0.05) is 42.5 Å². The number of benzene rings is 2. The molecular formula is C23H21N3O3. The van der Waals surface area contributed by atoms with Crippen LogP contribution in [0.1, 0.15) is 39.5 Å². The van der Waals surface area contributed by atoms with Gasteiger partial charge in [0.2, 0.25) is 11.9 Å². The topological polar surface area (TPSA) is 81.2 Å². The van der Waals surface area contributed by atoms with E-state index in [9.17, 15) is 9.59 Å². The van der Waals surface area contributed by atoms with E-state index in [-0.39, 0.29) is 30.0 Å². The minimum Gasteiger partial charge on any atom is -0.497 e. The molecule has 0 fully saturated rings. The van der Waals surface area contributed by atoms with Crippen LogP contribution in [0.3, 0.4) is 0 Å². The molecule has 1 heterocycles. The normalized spacial score (nSPS) is 15.5. The van der Waals surface area contributed by atoms with Crippen LogP contribution in [0.25, 0.3) is 0 Å². The smallest absolute Gasteiger partial charge is 0.231 e. The SMILES string of the molecule is COc1ccc(C2CC(=O)c3cnc(NC(=O)Cc4ccccc4)nc3C2)cc1. The molecule has 1 aliphatic carbocycles. The van der Waals surface area contributed by atoms with Crippen LogP contribution >= 0.6 is 0 Å². The summed E-state index contributed by atoms with van der Waals surface area (Å²) in [6.07, 6.45) is 2.81. The number of amides is 1. The maximum atomic E-state index is 12.6. The first-order valence-corrected chi connectivity index (χ1v) is 9.49. The van der Waals surface area contributed by atoms with E-state index in [1.165, 1.54) is 6.20 Å². The van der Waals surface area contributed by atoms with Crippen LogP contribution in [-0.2, 0) is 17.6 Å². The minimum absolute atomic E-state index is 0.0224. The van der Waals surface area contributed by atoms with Crippen molar-refractivity contribution in [2.24, 2.45) is 0 Å². The van der Waals surface area contributed by atoms with Gasteiger partial charge in [0, 0.05) is 12.6 Å². The molecule has 1 aromatic heterocycles. The molecule has 4 rings (SSSR count). The Morgan fingerprint density at radius 2 is 1.86 bits per heavy atom. The number of nitrogens with zero attached hydrogens (tertiary/aromatic N) is 2. The zero-order valence-electron chi connectivity index (χ0n) is 16.1. The Balaban J connectivity index is 1.50. The number of methoxy groups -OCH3 is 1. The molecule has 0 radical (unpaired) electrons. The molecule has 0 spiro atoms. The summed E-state index contributed by atoms with van der Waals surface area (Å²) < 4.78 is 5.20. The van der Waals surface area contributed by atoms with Crippen molar-refractivity contribution >= 4 is 17.6 Å². The molecule has 2 aromatic carbocycles. The van der Waals surface area contributed by atoms with Gasteiger partial charge in [0.25, 0.3) is 0 Å². The van der Waals surface area contributed by atoms with Crippen molar-refractivity contribution in [3.05, 3.63) is 83.2 Å². The average molecular weight is 387 g/mol. The van der Waals surface area contributed by atoms with Gasteiger partial charge in [0.15, 0.2) is 5.78 Å². The van der Waals surface area contributed by atoms with E-state index in [1.54, 1.807) is 7.11 Å². The lowest BCUT2D eigenvalue weighted by Gasteiger charge is -2.23. The maximum absolute atomic E-state index is 12.6. The molecule has 146 valence electrons. The van der Waals surface area contributed by atoms with Crippen molar-refractivity contribution in [3.63, 3.8) is 0 Å². The van der Waals surface area contributed by atoms with Crippen LogP contribution in [0.4, 0.5) is 5.95 Å². The van der Waals surface area contributed by atoms with Crippen molar-refractivity contribution in [2.75, 3.05) is 12.4 Å². The van der Waals surface area contributed by atoms with Crippen molar-refractivity contribution in [3.8, 4) is 5.75 Å². The van der Waals surface area contributed by atoms with Gasteiger partial charge in [-0.2, -0.15) is 0 Å². The van der Waals surface area contributed by atoms with E-state index in [0.717, 1.165) is 16.9 Å². The molecule has 6 heteroatoms. The van der Waals surface area contributed by atoms with Gasteiger partial charge < -0.3 is 4.74 Å². The zero-order valence-corrected chi connectivity index (χ0v) is 16.1. The number of hydrogen-bond donors (Lipinski definition) is 1. The lowest BCUT2D eigenvalue weighted by atomic mass is 9.82. The molecule has 1 N–H and O–H groups in total. The second kappa shape index (κ2) is 8.22. The summed E-state index contributed by atoms with van der Waals surface area (Å²) in [5.41, 5.74) is 3.19. The number of aromatic nitrogens is 2. The predicted molar refractivity (Wildman–Crippen MR) is 109 cm³/mol. The summed E-state index contributed by atoms with van der Waals surface area (Å²) >= 11 is 0. The number of nitrogens with one attached hydrogen (secondary N) is 1. The van der Waals surface area contributed by atoms with E-state index in [0.29, 0.717) is 24.1 Å². The molecule has 0 bridgehead atoms. The molecule has 0 saturated carbocycles. The van der Waals surface area contributed by atoms with Gasteiger partial charge in [-0.05, 0) is 35.6 Å². The van der Waals surface area contributed by atoms with Crippen LogP contribution in [0.2, 0.25) is 0 Å². The number of carbonyl (C=O) groups excluding carboxylic acids is 2. The number of anilines is 1. The number of rotatable bonds is 5. The van der Waals surface area contributed by atoms with E-state index >= 15 is 0 Å². The van der Waals surface area contributed by atoms with E-state index in [4.69, 9.17) is 4.74 Å². The summed E-state index contributed by atoms with van der Waals surface area (Å²) in [4.78, 5) is 33.5. The van der Waals surface area contributed by atoms with Crippen LogP contribution in [0.5, 0.6) is 5.75 Å². The first-order chi connectivity index (χ1) is 14.1. The Labute approximate surface area is 169 Å². The number of carbonyl (C=O) groups is 2. The van der Waals surface area contributed by atoms with Gasteiger partial charge in [0.1, 0.15) is 5.75 Å².